The molecule has 8 rings (SSSR count). The average molecular weight is 538 g/mol. The van der Waals surface area contributed by atoms with Gasteiger partial charge in [-0.25, -0.2) is 0 Å². The highest BCUT2D eigenvalue weighted by Crippen LogP contribution is 2.47. The molecule has 0 saturated heterocycles. The summed E-state index contributed by atoms with van der Waals surface area (Å²) in [5.41, 5.74) is 9.63. The predicted molar refractivity (Wildman–Crippen MR) is 177 cm³/mol. The van der Waals surface area contributed by atoms with Gasteiger partial charge in [0.25, 0.3) is 0 Å². The summed E-state index contributed by atoms with van der Waals surface area (Å²) in [6, 6.07) is 57.8. The van der Waals surface area contributed by atoms with E-state index in [2.05, 4.69) is 169 Å². The summed E-state index contributed by atoms with van der Waals surface area (Å²) in [6.45, 7) is 0. The maximum Gasteiger partial charge on any atom is 0.145 e. The molecule has 0 spiro atoms. The van der Waals surface area contributed by atoms with Gasteiger partial charge in [0, 0.05) is 33.1 Å². The SMILES string of the molecule is c1ccc(-c2ccc(-c3c(N(c4ccccc4)c4ccccc4)ccc4c3oc3c5ccccc5ccc43)cc2)cc1. The summed E-state index contributed by atoms with van der Waals surface area (Å²) in [5.74, 6) is 0. The highest BCUT2D eigenvalue weighted by Gasteiger charge is 2.23. The summed E-state index contributed by atoms with van der Waals surface area (Å²) >= 11 is 0. The number of hydrogen-bond acceptors (Lipinski definition) is 2. The van der Waals surface area contributed by atoms with Crippen LogP contribution in [0.25, 0.3) is 55.0 Å². The van der Waals surface area contributed by atoms with E-state index in [9.17, 15) is 0 Å². The zero-order valence-electron chi connectivity index (χ0n) is 22.9. The van der Waals surface area contributed by atoms with Crippen LogP contribution < -0.4 is 4.90 Å². The van der Waals surface area contributed by atoms with Gasteiger partial charge in [-0.05, 0) is 64.5 Å². The summed E-state index contributed by atoms with van der Waals surface area (Å²) < 4.78 is 6.90. The first-order valence-corrected chi connectivity index (χ1v) is 14.3. The molecule has 0 amide bonds. The minimum atomic E-state index is 0.892. The third kappa shape index (κ3) is 4.05. The minimum Gasteiger partial charge on any atom is -0.455 e. The van der Waals surface area contributed by atoms with Crippen LogP contribution in [0, 0.1) is 0 Å². The third-order valence-corrected chi connectivity index (χ3v) is 8.06. The van der Waals surface area contributed by atoms with Crippen LogP contribution in [0.15, 0.2) is 168 Å². The normalized spacial score (nSPS) is 11.3. The number of furan rings is 1. The van der Waals surface area contributed by atoms with E-state index in [0.29, 0.717) is 0 Å². The molecule has 0 bridgehead atoms. The van der Waals surface area contributed by atoms with E-state index in [0.717, 1.165) is 55.5 Å². The monoisotopic (exact) mass is 537 g/mol. The van der Waals surface area contributed by atoms with Crippen LogP contribution in [0.1, 0.15) is 0 Å². The van der Waals surface area contributed by atoms with Gasteiger partial charge in [0.2, 0.25) is 0 Å². The van der Waals surface area contributed by atoms with Gasteiger partial charge in [-0.15, -0.1) is 0 Å². The Bertz CT molecular complexity index is 2120. The Kier molecular flexibility index (Phi) is 5.82. The van der Waals surface area contributed by atoms with E-state index in [1.54, 1.807) is 0 Å². The lowest BCUT2D eigenvalue weighted by atomic mass is 9.96. The van der Waals surface area contributed by atoms with Gasteiger partial charge in [-0.1, -0.05) is 121 Å². The first-order chi connectivity index (χ1) is 20.8. The zero-order chi connectivity index (χ0) is 27.9. The van der Waals surface area contributed by atoms with Crippen molar-refractivity contribution in [3.63, 3.8) is 0 Å². The van der Waals surface area contributed by atoms with Crippen molar-refractivity contribution in [1.82, 2.24) is 0 Å². The Hall–Kier alpha value is -5.60. The van der Waals surface area contributed by atoms with E-state index in [-0.39, 0.29) is 0 Å². The van der Waals surface area contributed by atoms with Gasteiger partial charge in [-0.3, -0.25) is 0 Å². The second-order valence-corrected chi connectivity index (χ2v) is 10.6. The van der Waals surface area contributed by atoms with Crippen LogP contribution in [0.5, 0.6) is 0 Å². The van der Waals surface area contributed by atoms with E-state index in [1.807, 2.05) is 0 Å². The van der Waals surface area contributed by atoms with E-state index < -0.39 is 0 Å². The topological polar surface area (TPSA) is 16.4 Å². The fourth-order valence-electron chi connectivity index (χ4n) is 6.06. The molecule has 42 heavy (non-hydrogen) atoms. The standard InChI is InChI=1S/C40H27NO/c1-4-12-28(13-5-1)29-20-22-31(23-21-29)38-37(41(32-15-6-2-7-16-32)33-17-8-3-9-18-33)27-26-36-35-25-24-30-14-10-11-19-34(30)39(35)42-40(36)38/h1-27H. The molecule has 0 aliphatic carbocycles. The Morgan fingerprint density at radius 1 is 0.357 bits per heavy atom. The fourth-order valence-corrected chi connectivity index (χ4v) is 6.06. The van der Waals surface area contributed by atoms with Crippen molar-refractivity contribution in [2.24, 2.45) is 0 Å². The van der Waals surface area contributed by atoms with Crippen molar-refractivity contribution >= 4 is 49.8 Å². The fraction of sp³-hybridized carbons (Fsp3) is 0. The molecule has 8 aromatic rings. The van der Waals surface area contributed by atoms with Crippen LogP contribution in [0.4, 0.5) is 17.1 Å². The Labute approximate surface area is 244 Å². The molecular formula is C40H27NO. The second kappa shape index (κ2) is 10.1. The van der Waals surface area contributed by atoms with E-state index in [4.69, 9.17) is 4.42 Å². The van der Waals surface area contributed by atoms with Crippen molar-refractivity contribution in [3.05, 3.63) is 164 Å². The van der Waals surface area contributed by atoms with Crippen LogP contribution in [-0.4, -0.2) is 0 Å². The zero-order valence-corrected chi connectivity index (χ0v) is 22.9. The number of fused-ring (bicyclic) bond motifs is 5. The van der Waals surface area contributed by atoms with E-state index >= 15 is 0 Å². The molecule has 2 nitrogen and oxygen atoms in total. The van der Waals surface area contributed by atoms with Gasteiger partial charge >= 0.3 is 0 Å². The lowest BCUT2D eigenvalue weighted by Gasteiger charge is -2.28. The molecule has 0 atom stereocenters. The predicted octanol–water partition coefficient (Wildman–Crippen LogP) is 11.5. The molecular weight excluding hydrogens is 510 g/mol. The molecule has 0 fully saturated rings. The minimum absolute atomic E-state index is 0.892. The summed E-state index contributed by atoms with van der Waals surface area (Å²) in [5, 5.41) is 4.54. The maximum absolute atomic E-state index is 6.90. The summed E-state index contributed by atoms with van der Waals surface area (Å²) in [4.78, 5) is 2.32. The lowest BCUT2D eigenvalue weighted by molar-refractivity contribution is 0.674. The first kappa shape index (κ1) is 24.2. The average Bonchev–Trinajstić information content (AvgIpc) is 3.46. The Balaban J connectivity index is 1.44. The van der Waals surface area contributed by atoms with Crippen LogP contribution >= 0.6 is 0 Å². The molecule has 0 saturated carbocycles. The van der Waals surface area contributed by atoms with Crippen LogP contribution in [0.3, 0.4) is 0 Å². The van der Waals surface area contributed by atoms with Gasteiger partial charge < -0.3 is 9.32 Å². The second-order valence-electron chi connectivity index (χ2n) is 10.6. The smallest absolute Gasteiger partial charge is 0.145 e. The molecule has 0 aliphatic heterocycles. The highest BCUT2D eigenvalue weighted by atomic mass is 16.3. The lowest BCUT2D eigenvalue weighted by Crippen LogP contribution is -2.11. The summed E-state index contributed by atoms with van der Waals surface area (Å²) in [7, 11) is 0. The molecule has 1 heterocycles. The number of para-hydroxylation sites is 2. The van der Waals surface area contributed by atoms with Crippen molar-refractivity contribution < 1.29 is 4.42 Å². The Morgan fingerprint density at radius 2 is 0.881 bits per heavy atom. The summed E-state index contributed by atoms with van der Waals surface area (Å²) in [6.07, 6.45) is 0. The van der Waals surface area contributed by atoms with Gasteiger partial charge in [0.05, 0.1) is 5.69 Å². The van der Waals surface area contributed by atoms with Crippen molar-refractivity contribution in [2.45, 2.75) is 0 Å². The van der Waals surface area contributed by atoms with Crippen molar-refractivity contribution in [1.29, 1.82) is 0 Å². The highest BCUT2D eigenvalue weighted by molar-refractivity contribution is 6.19. The van der Waals surface area contributed by atoms with Gasteiger partial charge in [0.15, 0.2) is 0 Å². The molecule has 7 aromatic carbocycles. The number of nitrogens with zero attached hydrogens (tertiary/aromatic N) is 1. The number of hydrogen-bond donors (Lipinski definition) is 0. The number of benzene rings is 7. The Morgan fingerprint density at radius 3 is 1.57 bits per heavy atom. The third-order valence-electron chi connectivity index (χ3n) is 8.06. The molecule has 0 aliphatic rings. The van der Waals surface area contributed by atoms with Crippen LogP contribution in [0.2, 0.25) is 0 Å². The van der Waals surface area contributed by atoms with Crippen LogP contribution in [-0.2, 0) is 0 Å². The molecule has 2 heteroatoms. The largest absolute Gasteiger partial charge is 0.455 e. The molecule has 0 unspecified atom stereocenters. The molecule has 0 N–H and O–H groups in total. The molecule has 1 aromatic heterocycles. The maximum atomic E-state index is 6.90. The molecule has 198 valence electrons. The van der Waals surface area contributed by atoms with Crippen molar-refractivity contribution in [3.8, 4) is 22.3 Å². The quantitative estimate of drug-likeness (QED) is 0.217. The molecule has 0 radical (unpaired) electrons. The number of anilines is 3. The van der Waals surface area contributed by atoms with Gasteiger partial charge in [-0.2, -0.15) is 0 Å². The van der Waals surface area contributed by atoms with Gasteiger partial charge in [0.1, 0.15) is 11.2 Å². The van der Waals surface area contributed by atoms with Crippen molar-refractivity contribution in [2.75, 3.05) is 4.90 Å². The van der Waals surface area contributed by atoms with E-state index in [1.165, 1.54) is 16.5 Å². The first-order valence-electron chi connectivity index (χ1n) is 14.3. The number of rotatable bonds is 5.